The Bertz CT molecular complexity index is 648. The molecular formula is C16H24N6. The number of nitrogens with one attached hydrogen (secondary N) is 1. The third kappa shape index (κ3) is 3.10. The minimum absolute atomic E-state index is 0.342. The minimum Gasteiger partial charge on any atom is -0.356 e. The normalized spacial score (nSPS) is 19.0. The van der Waals surface area contributed by atoms with E-state index in [1.807, 2.05) is 13.8 Å². The highest BCUT2D eigenvalue weighted by molar-refractivity contribution is 5.41. The summed E-state index contributed by atoms with van der Waals surface area (Å²) in [6.45, 7) is 10.2. The van der Waals surface area contributed by atoms with Crippen molar-refractivity contribution in [2.45, 2.75) is 52.4 Å². The Morgan fingerprint density at radius 3 is 2.73 bits per heavy atom. The van der Waals surface area contributed by atoms with Gasteiger partial charge in [0.2, 0.25) is 0 Å². The Labute approximate surface area is 131 Å². The summed E-state index contributed by atoms with van der Waals surface area (Å²) in [6.07, 6.45) is 2.27. The zero-order valence-electron chi connectivity index (χ0n) is 13.8. The molecule has 0 spiro atoms. The highest BCUT2D eigenvalue weighted by Gasteiger charge is 2.25. The number of piperidine rings is 1. The number of nitrogens with zero attached hydrogens (tertiary/aromatic N) is 5. The van der Waals surface area contributed by atoms with Crippen LogP contribution in [0.2, 0.25) is 0 Å². The van der Waals surface area contributed by atoms with Gasteiger partial charge in [0.25, 0.3) is 0 Å². The first-order chi connectivity index (χ1) is 10.5. The molecule has 3 rings (SSSR count). The van der Waals surface area contributed by atoms with E-state index < -0.39 is 0 Å². The third-order valence-corrected chi connectivity index (χ3v) is 4.10. The van der Waals surface area contributed by atoms with Crippen LogP contribution in [-0.2, 0) is 0 Å². The maximum atomic E-state index is 4.76. The molecule has 3 heterocycles. The second-order valence-corrected chi connectivity index (χ2v) is 6.44. The van der Waals surface area contributed by atoms with E-state index in [0.29, 0.717) is 11.8 Å². The molecule has 0 radical (unpaired) electrons. The van der Waals surface area contributed by atoms with E-state index in [4.69, 9.17) is 4.98 Å². The van der Waals surface area contributed by atoms with Crippen molar-refractivity contribution in [3.63, 3.8) is 0 Å². The molecule has 0 bridgehead atoms. The molecule has 1 atom stereocenters. The Kier molecular flexibility index (Phi) is 4.09. The van der Waals surface area contributed by atoms with Gasteiger partial charge in [-0.15, -0.1) is 0 Å². The molecule has 6 heteroatoms. The van der Waals surface area contributed by atoms with Crippen LogP contribution in [0.15, 0.2) is 6.07 Å². The summed E-state index contributed by atoms with van der Waals surface area (Å²) in [5.74, 6) is 4.48. The molecule has 6 nitrogen and oxygen atoms in total. The van der Waals surface area contributed by atoms with E-state index >= 15 is 0 Å². The SMILES string of the molecule is Cc1cc(N2CCCC(c3n[nH]c(C)n3)C2)nc(C(C)C)n1. The van der Waals surface area contributed by atoms with Crippen LogP contribution in [0, 0.1) is 13.8 Å². The van der Waals surface area contributed by atoms with Crippen LogP contribution in [-0.4, -0.2) is 38.2 Å². The molecule has 0 aliphatic carbocycles. The van der Waals surface area contributed by atoms with Crippen LogP contribution in [0.25, 0.3) is 0 Å². The van der Waals surface area contributed by atoms with Gasteiger partial charge < -0.3 is 4.90 Å². The molecule has 1 aliphatic heterocycles. The first-order valence-electron chi connectivity index (χ1n) is 8.02. The number of aromatic nitrogens is 5. The summed E-state index contributed by atoms with van der Waals surface area (Å²) in [7, 11) is 0. The molecule has 0 amide bonds. The van der Waals surface area contributed by atoms with Gasteiger partial charge in [-0.25, -0.2) is 15.0 Å². The number of aromatic amines is 1. The summed E-state index contributed by atoms with van der Waals surface area (Å²) in [4.78, 5) is 16.1. The van der Waals surface area contributed by atoms with Crippen molar-refractivity contribution in [3.05, 3.63) is 29.2 Å². The van der Waals surface area contributed by atoms with Gasteiger partial charge in [-0.1, -0.05) is 13.8 Å². The minimum atomic E-state index is 0.342. The summed E-state index contributed by atoms with van der Waals surface area (Å²) in [5.41, 5.74) is 1.03. The van der Waals surface area contributed by atoms with E-state index in [9.17, 15) is 0 Å². The van der Waals surface area contributed by atoms with Crippen molar-refractivity contribution < 1.29 is 0 Å². The van der Waals surface area contributed by atoms with Crippen molar-refractivity contribution in [2.24, 2.45) is 0 Å². The Morgan fingerprint density at radius 2 is 2.05 bits per heavy atom. The lowest BCUT2D eigenvalue weighted by atomic mass is 9.97. The van der Waals surface area contributed by atoms with Gasteiger partial charge >= 0.3 is 0 Å². The van der Waals surface area contributed by atoms with E-state index in [2.05, 4.69) is 45.0 Å². The summed E-state index contributed by atoms with van der Waals surface area (Å²) in [5, 5.41) is 7.28. The average Bonchev–Trinajstić information content (AvgIpc) is 2.93. The van der Waals surface area contributed by atoms with Crippen LogP contribution < -0.4 is 4.90 Å². The second kappa shape index (κ2) is 6.02. The first kappa shape index (κ1) is 14.9. The first-order valence-corrected chi connectivity index (χ1v) is 8.02. The summed E-state index contributed by atoms with van der Waals surface area (Å²) in [6, 6.07) is 2.08. The Hall–Kier alpha value is -1.98. The van der Waals surface area contributed by atoms with E-state index in [0.717, 1.165) is 54.9 Å². The molecule has 1 fully saturated rings. The predicted molar refractivity (Wildman–Crippen MR) is 86.2 cm³/mol. The summed E-state index contributed by atoms with van der Waals surface area (Å²) < 4.78 is 0. The van der Waals surface area contributed by atoms with Crippen LogP contribution in [0.3, 0.4) is 0 Å². The van der Waals surface area contributed by atoms with Gasteiger partial charge in [-0.3, -0.25) is 5.10 Å². The number of anilines is 1. The standard InChI is InChI=1S/C16H24N6/c1-10(2)15-17-11(3)8-14(19-15)22-7-5-6-13(9-22)16-18-12(4)20-21-16/h8,10,13H,5-7,9H2,1-4H3,(H,18,20,21). The van der Waals surface area contributed by atoms with Crippen molar-refractivity contribution >= 4 is 5.82 Å². The average molecular weight is 300 g/mol. The molecule has 0 aromatic carbocycles. The maximum Gasteiger partial charge on any atom is 0.155 e. The molecule has 2 aromatic rings. The highest BCUT2D eigenvalue weighted by atomic mass is 15.2. The van der Waals surface area contributed by atoms with Crippen LogP contribution in [0.5, 0.6) is 0 Å². The lowest BCUT2D eigenvalue weighted by Crippen LogP contribution is -2.35. The maximum absolute atomic E-state index is 4.76. The van der Waals surface area contributed by atoms with Crippen LogP contribution in [0.4, 0.5) is 5.82 Å². The lowest BCUT2D eigenvalue weighted by molar-refractivity contribution is 0.488. The van der Waals surface area contributed by atoms with Crippen molar-refractivity contribution in [3.8, 4) is 0 Å². The fraction of sp³-hybridized carbons (Fsp3) is 0.625. The fourth-order valence-electron chi connectivity index (χ4n) is 2.93. The molecule has 1 N–H and O–H groups in total. The van der Waals surface area contributed by atoms with E-state index in [1.54, 1.807) is 0 Å². The monoisotopic (exact) mass is 300 g/mol. The van der Waals surface area contributed by atoms with Gasteiger partial charge in [0.05, 0.1) is 0 Å². The Balaban J connectivity index is 1.82. The molecule has 2 aromatic heterocycles. The number of H-pyrrole nitrogens is 1. The molecule has 1 saturated heterocycles. The largest absolute Gasteiger partial charge is 0.356 e. The van der Waals surface area contributed by atoms with Crippen molar-refractivity contribution in [2.75, 3.05) is 18.0 Å². The molecular weight excluding hydrogens is 276 g/mol. The summed E-state index contributed by atoms with van der Waals surface area (Å²) >= 11 is 0. The van der Waals surface area contributed by atoms with Crippen molar-refractivity contribution in [1.82, 2.24) is 25.1 Å². The number of hydrogen-bond donors (Lipinski definition) is 1. The number of hydrogen-bond acceptors (Lipinski definition) is 5. The Morgan fingerprint density at radius 1 is 1.23 bits per heavy atom. The molecule has 1 unspecified atom stereocenters. The number of aryl methyl sites for hydroxylation is 2. The molecule has 22 heavy (non-hydrogen) atoms. The zero-order valence-corrected chi connectivity index (χ0v) is 13.8. The van der Waals surface area contributed by atoms with Crippen LogP contribution >= 0.6 is 0 Å². The molecule has 0 saturated carbocycles. The van der Waals surface area contributed by atoms with Gasteiger partial charge in [-0.05, 0) is 26.7 Å². The van der Waals surface area contributed by atoms with Crippen molar-refractivity contribution in [1.29, 1.82) is 0 Å². The smallest absolute Gasteiger partial charge is 0.155 e. The third-order valence-electron chi connectivity index (χ3n) is 4.10. The van der Waals surface area contributed by atoms with Gasteiger partial charge in [0.15, 0.2) is 5.82 Å². The topological polar surface area (TPSA) is 70.6 Å². The quantitative estimate of drug-likeness (QED) is 0.943. The number of rotatable bonds is 3. The fourth-order valence-corrected chi connectivity index (χ4v) is 2.93. The van der Waals surface area contributed by atoms with Gasteiger partial charge in [0, 0.05) is 36.7 Å². The highest BCUT2D eigenvalue weighted by Crippen LogP contribution is 2.28. The van der Waals surface area contributed by atoms with Gasteiger partial charge in [-0.2, -0.15) is 5.10 Å². The lowest BCUT2D eigenvalue weighted by Gasteiger charge is -2.32. The zero-order chi connectivity index (χ0) is 15.7. The van der Waals surface area contributed by atoms with E-state index in [1.165, 1.54) is 0 Å². The molecule has 118 valence electrons. The predicted octanol–water partition coefficient (Wildman–Crippen LogP) is 2.72. The van der Waals surface area contributed by atoms with Crippen LogP contribution in [0.1, 0.15) is 61.7 Å². The van der Waals surface area contributed by atoms with Gasteiger partial charge in [0.1, 0.15) is 17.5 Å². The second-order valence-electron chi connectivity index (χ2n) is 6.44. The van der Waals surface area contributed by atoms with E-state index in [-0.39, 0.29) is 0 Å². The molecule has 1 aliphatic rings.